The maximum absolute atomic E-state index is 13.0. The Kier molecular flexibility index (Phi) is 6.02. The van der Waals surface area contributed by atoms with E-state index in [9.17, 15) is 23.3 Å². The minimum absolute atomic E-state index is 0.194. The number of hydrogen-bond donors (Lipinski definition) is 0. The highest BCUT2D eigenvalue weighted by molar-refractivity contribution is 7.15. The minimum Gasteiger partial charge on any atom is -0.419 e. The summed E-state index contributed by atoms with van der Waals surface area (Å²) < 4.78 is 44.8. The number of hydrogen-bond acceptors (Lipinski definition) is 8. The SMILES string of the molecule is O=[N+]([O-])c1cc(C(F)(F)F)ccc1N1CCN(Cc2nnc(-c3cc4c(s3)CCCC4)o2)CC1. The van der Waals surface area contributed by atoms with Crippen LogP contribution in [-0.4, -0.2) is 46.2 Å². The van der Waals surface area contributed by atoms with Gasteiger partial charge in [0.15, 0.2) is 0 Å². The van der Waals surface area contributed by atoms with Gasteiger partial charge in [-0.2, -0.15) is 13.2 Å². The van der Waals surface area contributed by atoms with Crippen molar-refractivity contribution in [1.82, 2.24) is 15.1 Å². The molecular formula is C22H22F3N5O3S. The van der Waals surface area contributed by atoms with Crippen molar-refractivity contribution in [2.24, 2.45) is 0 Å². The van der Waals surface area contributed by atoms with Crippen LogP contribution >= 0.6 is 11.3 Å². The molecule has 0 N–H and O–H groups in total. The highest BCUT2D eigenvalue weighted by Crippen LogP contribution is 2.37. The summed E-state index contributed by atoms with van der Waals surface area (Å²) in [5.74, 6) is 1.02. The van der Waals surface area contributed by atoms with E-state index in [4.69, 9.17) is 4.42 Å². The monoisotopic (exact) mass is 493 g/mol. The summed E-state index contributed by atoms with van der Waals surface area (Å²) in [6, 6.07) is 4.81. The zero-order valence-corrected chi connectivity index (χ0v) is 19.0. The molecule has 2 aromatic heterocycles. The van der Waals surface area contributed by atoms with Crippen LogP contribution in [0.2, 0.25) is 0 Å². The van der Waals surface area contributed by atoms with Crippen LogP contribution in [0, 0.1) is 10.1 Å². The predicted octanol–water partition coefficient (Wildman–Crippen LogP) is 4.93. The van der Waals surface area contributed by atoms with Crippen LogP contribution in [-0.2, 0) is 25.6 Å². The van der Waals surface area contributed by atoms with Crippen LogP contribution < -0.4 is 4.90 Å². The summed E-state index contributed by atoms with van der Waals surface area (Å²) in [7, 11) is 0. The summed E-state index contributed by atoms with van der Waals surface area (Å²) in [4.78, 5) is 16.9. The number of alkyl halides is 3. The molecule has 0 spiro atoms. The lowest BCUT2D eigenvalue weighted by Gasteiger charge is -2.35. The lowest BCUT2D eigenvalue weighted by molar-refractivity contribution is -0.384. The van der Waals surface area contributed by atoms with E-state index in [-0.39, 0.29) is 5.69 Å². The number of thiophene rings is 1. The number of nitrogens with zero attached hydrogens (tertiary/aromatic N) is 5. The van der Waals surface area contributed by atoms with Gasteiger partial charge in [0.1, 0.15) is 5.69 Å². The number of aromatic nitrogens is 2. The van der Waals surface area contributed by atoms with Gasteiger partial charge in [0.25, 0.3) is 11.6 Å². The molecule has 0 unspecified atom stereocenters. The molecule has 3 heterocycles. The van der Waals surface area contributed by atoms with Crippen LogP contribution in [0.15, 0.2) is 28.7 Å². The maximum atomic E-state index is 13.0. The number of halogens is 3. The second-order valence-electron chi connectivity index (χ2n) is 8.49. The Morgan fingerprint density at radius 3 is 2.56 bits per heavy atom. The standard InChI is InChI=1S/C22H22F3N5O3S/c23-22(24,25)15-5-6-16(17(12-15)30(31)32)29-9-7-28(8-10-29)13-20-26-27-21(33-20)19-11-14-3-1-2-4-18(14)34-19/h5-6,11-12H,1-4,7-10,13H2. The van der Waals surface area contributed by atoms with Crippen molar-refractivity contribution in [3.8, 4) is 10.8 Å². The lowest BCUT2D eigenvalue weighted by atomic mass is 9.99. The van der Waals surface area contributed by atoms with Gasteiger partial charge in [-0.15, -0.1) is 21.5 Å². The van der Waals surface area contributed by atoms with Crippen molar-refractivity contribution < 1.29 is 22.5 Å². The largest absolute Gasteiger partial charge is 0.419 e. The third-order valence-electron chi connectivity index (χ3n) is 6.25. The van der Waals surface area contributed by atoms with E-state index < -0.39 is 22.4 Å². The quantitative estimate of drug-likeness (QED) is 0.368. The average molecular weight is 494 g/mol. The molecule has 0 saturated carbocycles. The van der Waals surface area contributed by atoms with E-state index in [0.29, 0.717) is 50.6 Å². The fourth-order valence-electron chi connectivity index (χ4n) is 4.46. The molecule has 1 aliphatic carbocycles. The molecule has 8 nitrogen and oxygen atoms in total. The number of nitro groups is 1. The fraction of sp³-hybridized carbons (Fsp3) is 0.455. The number of aryl methyl sites for hydroxylation is 2. The molecule has 1 aliphatic heterocycles. The normalized spacial score (nSPS) is 17.1. The van der Waals surface area contributed by atoms with Gasteiger partial charge >= 0.3 is 6.18 Å². The predicted molar refractivity (Wildman–Crippen MR) is 120 cm³/mol. The molecule has 5 rings (SSSR count). The molecule has 1 aromatic carbocycles. The summed E-state index contributed by atoms with van der Waals surface area (Å²) in [6.45, 7) is 2.43. The summed E-state index contributed by atoms with van der Waals surface area (Å²) >= 11 is 1.71. The van der Waals surface area contributed by atoms with E-state index in [0.717, 1.165) is 23.8 Å². The van der Waals surface area contributed by atoms with Gasteiger partial charge in [-0.1, -0.05) is 0 Å². The Morgan fingerprint density at radius 1 is 1.09 bits per heavy atom. The molecule has 1 fully saturated rings. The molecular weight excluding hydrogens is 471 g/mol. The van der Waals surface area contributed by atoms with Crippen molar-refractivity contribution in [2.75, 3.05) is 31.1 Å². The third-order valence-corrected chi connectivity index (χ3v) is 7.47. The van der Waals surface area contributed by atoms with Gasteiger partial charge in [0.05, 0.1) is 21.9 Å². The molecule has 1 saturated heterocycles. The first kappa shape index (κ1) is 22.8. The summed E-state index contributed by atoms with van der Waals surface area (Å²) in [5, 5.41) is 19.8. The number of piperazine rings is 1. The van der Waals surface area contributed by atoms with E-state index in [1.165, 1.54) is 29.3 Å². The molecule has 12 heteroatoms. The van der Waals surface area contributed by atoms with Crippen molar-refractivity contribution in [3.63, 3.8) is 0 Å². The Hall–Kier alpha value is -2.99. The van der Waals surface area contributed by atoms with Gasteiger partial charge in [-0.05, 0) is 49.4 Å². The van der Waals surface area contributed by atoms with Crippen LogP contribution in [0.25, 0.3) is 10.8 Å². The van der Waals surface area contributed by atoms with Crippen LogP contribution in [0.3, 0.4) is 0 Å². The number of anilines is 1. The summed E-state index contributed by atoms with van der Waals surface area (Å²) in [6.07, 6.45) is -0.0204. The molecule has 180 valence electrons. The first-order valence-corrected chi connectivity index (χ1v) is 11.9. The van der Waals surface area contributed by atoms with Crippen molar-refractivity contribution >= 4 is 22.7 Å². The topological polar surface area (TPSA) is 88.5 Å². The summed E-state index contributed by atoms with van der Waals surface area (Å²) in [5.41, 5.74) is 0.00251. The Bertz CT molecular complexity index is 1180. The second-order valence-corrected chi connectivity index (χ2v) is 9.63. The number of nitro benzene ring substituents is 1. The fourth-order valence-corrected chi connectivity index (χ4v) is 5.64. The van der Waals surface area contributed by atoms with Crippen LogP contribution in [0.5, 0.6) is 0 Å². The second kappa shape index (κ2) is 8.99. The molecule has 3 aromatic rings. The van der Waals surface area contributed by atoms with Crippen LogP contribution in [0.1, 0.15) is 34.7 Å². The van der Waals surface area contributed by atoms with Gasteiger partial charge in [-0.25, -0.2) is 0 Å². The molecule has 0 bridgehead atoms. The van der Waals surface area contributed by atoms with Crippen molar-refractivity contribution in [3.05, 3.63) is 56.3 Å². The highest BCUT2D eigenvalue weighted by atomic mass is 32.1. The van der Waals surface area contributed by atoms with Crippen LogP contribution in [0.4, 0.5) is 24.5 Å². The van der Waals surface area contributed by atoms with Crippen molar-refractivity contribution in [2.45, 2.75) is 38.4 Å². The Morgan fingerprint density at radius 2 is 1.85 bits per heavy atom. The number of benzene rings is 1. The number of fused-ring (bicyclic) bond motifs is 1. The first-order chi connectivity index (χ1) is 16.3. The molecule has 0 atom stereocenters. The van der Waals surface area contributed by atoms with E-state index >= 15 is 0 Å². The first-order valence-electron chi connectivity index (χ1n) is 11.1. The van der Waals surface area contributed by atoms with Gasteiger partial charge in [0.2, 0.25) is 5.89 Å². The smallest absolute Gasteiger partial charge is 0.416 e. The third kappa shape index (κ3) is 4.64. The Balaban J connectivity index is 1.23. The maximum Gasteiger partial charge on any atom is 0.416 e. The Labute approximate surface area is 197 Å². The molecule has 0 amide bonds. The van der Waals surface area contributed by atoms with Gasteiger partial charge in [0, 0.05) is 37.1 Å². The molecule has 0 radical (unpaired) electrons. The van der Waals surface area contributed by atoms with Crippen molar-refractivity contribution in [1.29, 1.82) is 0 Å². The van der Waals surface area contributed by atoms with Gasteiger partial charge in [-0.3, -0.25) is 15.0 Å². The minimum atomic E-state index is -4.63. The zero-order chi connectivity index (χ0) is 23.9. The van der Waals surface area contributed by atoms with Gasteiger partial charge < -0.3 is 9.32 Å². The lowest BCUT2D eigenvalue weighted by Crippen LogP contribution is -2.46. The van der Waals surface area contributed by atoms with E-state index in [1.807, 2.05) is 0 Å². The average Bonchev–Trinajstić information content (AvgIpc) is 3.45. The molecule has 2 aliphatic rings. The van der Waals surface area contributed by atoms with E-state index in [1.54, 1.807) is 16.2 Å². The van der Waals surface area contributed by atoms with E-state index in [2.05, 4.69) is 21.2 Å². The number of rotatable bonds is 5. The highest BCUT2D eigenvalue weighted by Gasteiger charge is 2.34. The molecule has 34 heavy (non-hydrogen) atoms. The zero-order valence-electron chi connectivity index (χ0n) is 18.2.